The second-order valence-corrected chi connectivity index (χ2v) is 9.55. The fourth-order valence-electron chi connectivity index (χ4n) is 4.75. The molecule has 1 aliphatic carbocycles. The number of hydrogen-bond donors (Lipinski definition) is 1. The Balaban J connectivity index is 1.59. The normalized spacial score (nSPS) is 19.3. The van der Waals surface area contributed by atoms with Crippen LogP contribution in [0, 0.1) is 11.3 Å². The van der Waals surface area contributed by atoms with Crippen molar-refractivity contribution >= 4 is 27.7 Å². The number of allylic oxidation sites excluding steroid dienone is 3. The summed E-state index contributed by atoms with van der Waals surface area (Å²) < 4.78 is 12.3. The van der Waals surface area contributed by atoms with Crippen molar-refractivity contribution in [2.45, 2.75) is 24.7 Å². The van der Waals surface area contributed by atoms with Crippen molar-refractivity contribution < 1.29 is 19.1 Å². The lowest BCUT2D eigenvalue weighted by molar-refractivity contribution is -0.117. The summed E-state index contributed by atoms with van der Waals surface area (Å²) in [6, 6.07) is 25.6. The molecule has 0 amide bonds. The first-order chi connectivity index (χ1) is 17.5. The average Bonchev–Trinajstić information content (AvgIpc) is 2.89. The van der Waals surface area contributed by atoms with E-state index in [1.54, 1.807) is 42.5 Å². The number of carbonyl (C=O) groups excluding carboxylic acids is 2. The molecule has 3 aromatic rings. The zero-order chi connectivity index (χ0) is 25.2. The van der Waals surface area contributed by atoms with Crippen LogP contribution < -0.4 is 10.5 Å². The van der Waals surface area contributed by atoms with E-state index in [1.807, 2.05) is 36.4 Å². The van der Waals surface area contributed by atoms with Gasteiger partial charge in [-0.15, -0.1) is 0 Å². The summed E-state index contributed by atoms with van der Waals surface area (Å²) in [6.07, 6.45) is 0.739. The standard InChI is InChI=1S/C29H21BrN2O4/c30-20-11-12-24(36-29(34)18-9-5-2-6-10-18)21(15-20)26-22(16-31)28(32)35-25-14-19(13-23(33)27(25)26)17-7-3-1-4-8-17/h1-12,15,19,26H,13-14,32H2/t19-,26+/m1/s1. The molecule has 0 radical (unpaired) electrons. The molecular formula is C29H21BrN2O4. The Morgan fingerprint density at radius 2 is 1.72 bits per heavy atom. The highest BCUT2D eigenvalue weighted by Gasteiger charge is 2.42. The highest BCUT2D eigenvalue weighted by Crippen LogP contribution is 2.49. The van der Waals surface area contributed by atoms with Gasteiger partial charge in [0.2, 0.25) is 5.88 Å². The maximum atomic E-state index is 13.6. The summed E-state index contributed by atoms with van der Waals surface area (Å²) in [6.45, 7) is 0. The van der Waals surface area contributed by atoms with E-state index in [2.05, 4.69) is 22.0 Å². The molecule has 178 valence electrons. The van der Waals surface area contributed by atoms with Gasteiger partial charge in [-0.2, -0.15) is 5.26 Å². The first kappa shape index (κ1) is 23.6. The van der Waals surface area contributed by atoms with Gasteiger partial charge < -0.3 is 15.2 Å². The zero-order valence-corrected chi connectivity index (χ0v) is 20.7. The Kier molecular flexibility index (Phi) is 6.45. The number of nitriles is 1. The van der Waals surface area contributed by atoms with Gasteiger partial charge in [0.15, 0.2) is 5.78 Å². The van der Waals surface area contributed by atoms with Gasteiger partial charge in [0.05, 0.1) is 11.5 Å². The summed E-state index contributed by atoms with van der Waals surface area (Å²) in [5, 5.41) is 10.00. The maximum absolute atomic E-state index is 13.6. The van der Waals surface area contributed by atoms with Crippen LogP contribution in [0.2, 0.25) is 0 Å². The molecule has 2 atom stereocenters. The van der Waals surface area contributed by atoms with Crippen molar-refractivity contribution in [1.29, 1.82) is 5.26 Å². The van der Waals surface area contributed by atoms with E-state index >= 15 is 0 Å². The number of ether oxygens (including phenoxy) is 2. The molecule has 1 heterocycles. The Labute approximate surface area is 216 Å². The van der Waals surface area contributed by atoms with Crippen molar-refractivity contribution in [1.82, 2.24) is 0 Å². The monoisotopic (exact) mass is 540 g/mol. The van der Waals surface area contributed by atoms with Crippen LogP contribution in [0.3, 0.4) is 0 Å². The second-order valence-electron chi connectivity index (χ2n) is 8.64. The van der Waals surface area contributed by atoms with E-state index in [-0.39, 0.29) is 35.3 Å². The van der Waals surface area contributed by atoms with Crippen LogP contribution in [0.4, 0.5) is 0 Å². The molecule has 0 fully saturated rings. The van der Waals surface area contributed by atoms with Crippen LogP contribution in [-0.2, 0) is 9.53 Å². The molecule has 6 nitrogen and oxygen atoms in total. The molecule has 7 heteroatoms. The lowest BCUT2D eigenvalue weighted by Crippen LogP contribution is -2.30. The molecular weight excluding hydrogens is 520 g/mol. The molecule has 0 aromatic heterocycles. The minimum absolute atomic E-state index is 0.0527. The van der Waals surface area contributed by atoms with Crippen molar-refractivity contribution in [3.8, 4) is 11.8 Å². The lowest BCUT2D eigenvalue weighted by atomic mass is 9.73. The van der Waals surface area contributed by atoms with Crippen molar-refractivity contribution in [3.63, 3.8) is 0 Å². The zero-order valence-electron chi connectivity index (χ0n) is 19.1. The molecule has 5 rings (SSSR count). The van der Waals surface area contributed by atoms with Crippen LogP contribution in [0.1, 0.15) is 46.2 Å². The second kappa shape index (κ2) is 9.84. The topological polar surface area (TPSA) is 102 Å². The Morgan fingerprint density at radius 3 is 2.42 bits per heavy atom. The summed E-state index contributed by atoms with van der Waals surface area (Å²) in [4.78, 5) is 26.4. The fraction of sp³-hybridized carbons (Fsp3) is 0.138. The third-order valence-electron chi connectivity index (χ3n) is 6.43. The quantitative estimate of drug-likeness (QED) is 0.327. The molecule has 1 aliphatic heterocycles. The Morgan fingerprint density at radius 1 is 1.03 bits per heavy atom. The summed E-state index contributed by atoms with van der Waals surface area (Å²) >= 11 is 3.47. The SMILES string of the molecule is N#CC1=C(N)OC2=C(C(=O)C[C@@H](c3ccccc3)C2)[C@H]1c1cc(Br)ccc1OC(=O)c1ccccc1. The molecule has 3 aromatic carbocycles. The van der Waals surface area contributed by atoms with Gasteiger partial charge in [0, 0.05) is 28.5 Å². The van der Waals surface area contributed by atoms with E-state index in [9.17, 15) is 14.9 Å². The molecule has 2 N–H and O–H groups in total. The number of carbonyl (C=O) groups is 2. The van der Waals surface area contributed by atoms with Gasteiger partial charge >= 0.3 is 5.97 Å². The molecule has 0 unspecified atom stereocenters. The fourth-order valence-corrected chi connectivity index (χ4v) is 5.13. The molecule has 0 spiro atoms. The molecule has 2 aliphatic rings. The van der Waals surface area contributed by atoms with Crippen LogP contribution in [0.15, 0.2) is 106 Å². The van der Waals surface area contributed by atoms with Gasteiger partial charge in [-0.3, -0.25) is 4.79 Å². The van der Waals surface area contributed by atoms with Crippen LogP contribution >= 0.6 is 15.9 Å². The summed E-state index contributed by atoms with van der Waals surface area (Å²) in [7, 11) is 0. The minimum Gasteiger partial charge on any atom is -0.444 e. The van der Waals surface area contributed by atoms with E-state index in [0.29, 0.717) is 33.4 Å². The molecule has 0 saturated carbocycles. The van der Waals surface area contributed by atoms with Crippen molar-refractivity contribution in [3.05, 3.63) is 123 Å². The number of halogens is 1. The summed E-state index contributed by atoms with van der Waals surface area (Å²) in [5.74, 6) is -0.925. The van der Waals surface area contributed by atoms with Crippen molar-refractivity contribution in [2.75, 3.05) is 0 Å². The van der Waals surface area contributed by atoms with E-state index in [4.69, 9.17) is 15.2 Å². The number of Topliss-reactive ketones (excluding diaryl/α,β-unsaturated/α-hetero) is 1. The number of nitrogens with zero attached hydrogens (tertiary/aromatic N) is 1. The first-order valence-electron chi connectivity index (χ1n) is 11.4. The predicted octanol–water partition coefficient (Wildman–Crippen LogP) is 5.88. The number of rotatable bonds is 4. The van der Waals surface area contributed by atoms with Crippen LogP contribution in [0.5, 0.6) is 5.75 Å². The predicted molar refractivity (Wildman–Crippen MR) is 137 cm³/mol. The van der Waals surface area contributed by atoms with Crippen LogP contribution in [-0.4, -0.2) is 11.8 Å². The third-order valence-corrected chi connectivity index (χ3v) is 6.92. The Hall–Kier alpha value is -4.15. The largest absolute Gasteiger partial charge is 0.444 e. The van der Waals surface area contributed by atoms with Gasteiger partial charge in [-0.25, -0.2) is 4.79 Å². The van der Waals surface area contributed by atoms with E-state index in [1.165, 1.54) is 0 Å². The van der Waals surface area contributed by atoms with Gasteiger partial charge in [-0.1, -0.05) is 64.5 Å². The number of hydrogen-bond acceptors (Lipinski definition) is 6. The lowest BCUT2D eigenvalue weighted by Gasteiger charge is -2.34. The first-order valence-corrected chi connectivity index (χ1v) is 12.2. The number of benzene rings is 3. The highest BCUT2D eigenvalue weighted by molar-refractivity contribution is 9.10. The average molecular weight is 541 g/mol. The molecule has 0 saturated heterocycles. The number of nitrogens with two attached hydrogens (primary N) is 1. The smallest absolute Gasteiger partial charge is 0.343 e. The van der Waals surface area contributed by atoms with Gasteiger partial charge in [-0.05, 0) is 41.8 Å². The Bertz CT molecular complexity index is 1460. The van der Waals surface area contributed by atoms with E-state index < -0.39 is 11.9 Å². The van der Waals surface area contributed by atoms with Crippen LogP contribution in [0.25, 0.3) is 0 Å². The molecule has 0 bridgehead atoms. The third kappa shape index (κ3) is 4.43. The minimum atomic E-state index is -0.820. The van der Waals surface area contributed by atoms with Gasteiger partial charge in [0.25, 0.3) is 0 Å². The maximum Gasteiger partial charge on any atom is 0.343 e. The number of ketones is 1. The highest BCUT2D eigenvalue weighted by atomic mass is 79.9. The van der Waals surface area contributed by atoms with Gasteiger partial charge in [0.1, 0.15) is 23.2 Å². The molecule has 36 heavy (non-hydrogen) atoms. The van der Waals surface area contributed by atoms with E-state index in [0.717, 1.165) is 5.56 Å². The summed E-state index contributed by atoms with van der Waals surface area (Å²) in [5.41, 5.74) is 8.59. The van der Waals surface area contributed by atoms with Crippen molar-refractivity contribution in [2.24, 2.45) is 5.73 Å². The number of esters is 1.